The molecule has 0 fully saturated rings. The summed E-state index contributed by atoms with van der Waals surface area (Å²) in [6, 6.07) is 15.4. The number of benzene rings is 2. The maximum absolute atomic E-state index is 13.7. The largest absolute Gasteiger partial charge is 0.508 e. The Kier molecular flexibility index (Phi) is 5.94. The average molecular weight is 525 g/mol. The maximum atomic E-state index is 13.7. The van der Waals surface area contributed by atoms with E-state index in [0.29, 0.717) is 5.52 Å². The summed E-state index contributed by atoms with van der Waals surface area (Å²) >= 11 is 0. The lowest BCUT2D eigenvalue weighted by Crippen LogP contribution is -2.53. The Morgan fingerprint density at radius 3 is 2.69 bits per heavy atom. The standard InChI is InChI=1S/C29H28N6O4/c1-18-9-10-33-21(14-30-26(33)11-18)15-31-28(38)25-13-20-12-22(36)8-7-19(20)16-34(25)27(37)17-35-24-6-4-3-5-23(24)32(2)29(35)39/h3-12,14,25,36H,13,15-17H2,1-2H3,(H,31,38). The molecule has 3 aromatic heterocycles. The number of para-hydroxylation sites is 2. The molecule has 1 atom stereocenters. The molecule has 0 spiro atoms. The summed E-state index contributed by atoms with van der Waals surface area (Å²) in [5.41, 5.74) is 5.45. The SMILES string of the molecule is Cc1ccn2c(CNC(=O)C3Cc4cc(O)ccc4CN3C(=O)Cn3c(=O)n(C)c4ccccc43)cnc2c1. The number of hydrogen-bond donors (Lipinski definition) is 2. The van der Waals surface area contributed by atoms with Gasteiger partial charge in [-0.1, -0.05) is 18.2 Å². The number of amides is 2. The Labute approximate surface area is 223 Å². The van der Waals surface area contributed by atoms with E-state index in [4.69, 9.17) is 0 Å². The molecule has 1 unspecified atom stereocenters. The van der Waals surface area contributed by atoms with Crippen molar-refractivity contribution in [3.8, 4) is 5.75 Å². The molecule has 2 amide bonds. The van der Waals surface area contributed by atoms with E-state index in [9.17, 15) is 19.5 Å². The van der Waals surface area contributed by atoms with E-state index in [1.165, 1.54) is 14.0 Å². The van der Waals surface area contributed by atoms with Crippen LogP contribution in [0, 0.1) is 6.92 Å². The topological polar surface area (TPSA) is 114 Å². The summed E-state index contributed by atoms with van der Waals surface area (Å²) < 4.78 is 4.87. The second kappa shape index (κ2) is 9.46. The summed E-state index contributed by atoms with van der Waals surface area (Å²) in [5, 5.41) is 13.0. The number of fused-ring (bicyclic) bond motifs is 3. The van der Waals surface area contributed by atoms with Gasteiger partial charge in [-0.3, -0.25) is 18.7 Å². The van der Waals surface area contributed by atoms with Crippen molar-refractivity contribution in [3.05, 3.63) is 99.9 Å². The third kappa shape index (κ3) is 4.33. The molecule has 10 nitrogen and oxygen atoms in total. The highest BCUT2D eigenvalue weighted by Gasteiger charge is 2.35. The summed E-state index contributed by atoms with van der Waals surface area (Å²) in [4.78, 5) is 46.2. The zero-order valence-corrected chi connectivity index (χ0v) is 21.7. The molecule has 0 bridgehead atoms. The number of rotatable bonds is 5. The highest BCUT2D eigenvalue weighted by molar-refractivity contribution is 5.89. The van der Waals surface area contributed by atoms with Crippen LogP contribution in [0.4, 0.5) is 0 Å². The summed E-state index contributed by atoms with van der Waals surface area (Å²) in [6.07, 6.45) is 3.88. The lowest BCUT2D eigenvalue weighted by molar-refractivity contribution is -0.142. The fourth-order valence-corrected chi connectivity index (χ4v) is 5.37. The maximum Gasteiger partial charge on any atom is 0.329 e. The van der Waals surface area contributed by atoms with E-state index < -0.39 is 6.04 Å². The number of phenolic OH excluding ortho intramolecular Hbond substituents is 1. The van der Waals surface area contributed by atoms with E-state index in [2.05, 4.69) is 10.3 Å². The van der Waals surface area contributed by atoms with Crippen molar-refractivity contribution < 1.29 is 14.7 Å². The zero-order chi connectivity index (χ0) is 27.3. The molecule has 0 saturated heterocycles. The second-order valence-electron chi connectivity index (χ2n) is 10.0. The predicted octanol–water partition coefficient (Wildman–Crippen LogP) is 2.27. The van der Waals surface area contributed by atoms with Crippen molar-refractivity contribution in [2.24, 2.45) is 7.05 Å². The van der Waals surface area contributed by atoms with Crippen molar-refractivity contribution >= 4 is 28.5 Å². The second-order valence-corrected chi connectivity index (χ2v) is 10.0. The number of aromatic nitrogens is 4. The monoisotopic (exact) mass is 524 g/mol. The van der Waals surface area contributed by atoms with Crippen LogP contribution in [0.2, 0.25) is 0 Å². The van der Waals surface area contributed by atoms with Gasteiger partial charge < -0.3 is 19.7 Å². The summed E-state index contributed by atoms with van der Waals surface area (Å²) in [5.74, 6) is -0.543. The van der Waals surface area contributed by atoms with Crippen LogP contribution in [0.5, 0.6) is 5.75 Å². The Hall–Kier alpha value is -4.86. The van der Waals surface area contributed by atoms with Gasteiger partial charge in [-0.2, -0.15) is 0 Å². The van der Waals surface area contributed by atoms with Gasteiger partial charge in [0.1, 0.15) is 24.0 Å². The normalized spacial score (nSPS) is 15.0. The van der Waals surface area contributed by atoms with Gasteiger partial charge in [0.05, 0.1) is 29.5 Å². The van der Waals surface area contributed by atoms with Gasteiger partial charge in [0.15, 0.2) is 0 Å². The van der Waals surface area contributed by atoms with Gasteiger partial charge in [-0.05, 0) is 60.0 Å². The van der Waals surface area contributed by atoms with Crippen molar-refractivity contribution in [3.63, 3.8) is 0 Å². The first-order chi connectivity index (χ1) is 18.8. The van der Waals surface area contributed by atoms with E-state index in [-0.39, 0.29) is 49.3 Å². The van der Waals surface area contributed by atoms with Crippen molar-refractivity contribution in [1.82, 2.24) is 28.7 Å². The van der Waals surface area contributed by atoms with E-state index in [1.54, 1.807) is 37.5 Å². The first-order valence-electron chi connectivity index (χ1n) is 12.7. The minimum atomic E-state index is -0.807. The van der Waals surface area contributed by atoms with Gasteiger partial charge in [0, 0.05) is 26.2 Å². The molecule has 5 aromatic rings. The molecule has 4 heterocycles. The highest BCUT2D eigenvalue weighted by Crippen LogP contribution is 2.27. The number of pyridine rings is 1. The van der Waals surface area contributed by atoms with Crippen LogP contribution in [0.1, 0.15) is 22.4 Å². The number of aryl methyl sites for hydroxylation is 2. The molecule has 1 aliphatic heterocycles. The third-order valence-corrected chi connectivity index (χ3v) is 7.48. The van der Waals surface area contributed by atoms with Crippen LogP contribution in [0.25, 0.3) is 16.7 Å². The first kappa shape index (κ1) is 24.5. The molecule has 0 radical (unpaired) electrons. The Morgan fingerprint density at radius 1 is 1.08 bits per heavy atom. The number of nitrogens with one attached hydrogen (secondary N) is 1. The molecule has 2 aromatic carbocycles. The number of nitrogens with zero attached hydrogens (tertiary/aromatic N) is 5. The molecule has 1 aliphatic rings. The Bertz CT molecular complexity index is 1810. The summed E-state index contributed by atoms with van der Waals surface area (Å²) in [6.45, 7) is 2.23. The Morgan fingerprint density at radius 2 is 1.87 bits per heavy atom. The van der Waals surface area contributed by atoms with Crippen LogP contribution in [-0.4, -0.2) is 46.4 Å². The van der Waals surface area contributed by atoms with Crippen LogP contribution >= 0.6 is 0 Å². The molecular formula is C29H28N6O4. The van der Waals surface area contributed by atoms with Gasteiger partial charge in [0.25, 0.3) is 0 Å². The number of hydrogen-bond acceptors (Lipinski definition) is 5. The number of phenols is 1. The predicted molar refractivity (Wildman–Crippen MR) is 145 cm³/mol. The fraction of sp³-hybridized carbons (Fsp3) is 0.241. The van der Waals surface area contributed by atoms with Crippen LogP contribution in [-0.2, 0) is 42.7 Å². The lowest BCUT2D eigenvalue weighted by atomic mass is 9.93. The van der Waals surface area contributed by atoms with Crippen LogP contribution in [0.15, 0.2) is 71.8 Å². The molecule has 10 heteroatoms. The molecule has 0 aliphatic carbocycles. The average Bonchev–Trinajstić information content (AvgIpc) is 3.44. The minimum Gasteiger partial charge on any atom is -0.508 e. The third-order valence-electron chi connectivity index (χ3n) is 7.48. The van der Waals surface area contributed by atoms with Gasteiger partial charge in [-0.15, -0.1) is 0 Å². The van der Waals surface area contributed by atoms with E-state index >= 15 is 0 Å². The number of carbonyl (C=O) groups is 2. The van der Waals surface area contributed by atoms with Gasteiger partial charge in [-0.25, -0.2) is 9.78 Å². The number of carbonyl (C=O) groups excluding carboxylic acids is 2. The van der Waals surface area contributed by atoms with E-state index in [0.717, 1.165) is 33.5 Å². The smallest absolute Gasteiger partial charge is 0.329 e. The molecule has 198 valence electrons. The van der Waals surface area contributed by atoms with Crippen molar-refractivity contribution in [1.29, 1.82) is 0 Å². The first-order valence-corrected chi connectivity index (χ1v) is 12.7. The molecular weight excluding hydrogens is 496 g/mol. The van der Waals surface area contributed by atoms with Gasteiger partial charge >= 0.3 is 5.69 Å². The number of imidazole rings is 2. The van der Waals surface area contributed by atoms with E-state index in [1.807, 2.05) is 47.9 Å². The lowest BCUT2D eigenvalue weighted by Gasteiger charge is -2.36. The van der Waals surface area contributed by atoms with Crippen molar-refractivity contribution in [2.45, 2.75) is 39.0 Å². The summed E-state index contributed by atoms with van der Waals surface area (Å²) in [7, 11) is 1.67. The van der Waals surface area contributed by atoms with Crippen molar-refractivity contribution in [2.75, 3.05) is 0 Å². The quantitative estimate of drug-likeness (QED) is 0.366. The highest BCUT2D eigenvalue weighted by atomic mass is 16.3. The molecule has 0 saturated carbocycles. The van der Waals surface area contributed by atoms with Crippen LogP contribution in [0.3, 0.4) is 0 Å². The molecule has 6 rings (SSSR count). The molecule has 2 N–H and O–H groups in total. The Balaban J connectivity index is 1.28. The molecule has 39 heavy (non-hydrogen) atoms. The zero-order valence-electron chi connectivity index (χ0n) is 21.7. The minimum absolute atomic E-state index is 0.107. The van der Waals surface area contributed by atoms with Gasteiger partial charge in [0.2, 0.25) is 11.8 Å². The fourth-order valence-electron chi connectivity index (χ4n) is 5.37. The van der Waals surface area contributed by atoms with Crippen LogP contribution < -0.4 is 11.0 Å². The number of aromatic hydroxyl groups is 1.